The second-order valence-electron chi connectivity index (χ2n) is 4.08. The van der Waals surface area contributed by atoms with Crippen LogP contribution in [0, 0.1) is 0 Å². The topological polar surface area (TPSA) is 64.6 Å². The van der Waals surface area contributed by atoms with Gasteiger partial charge in [-0.25, -0.2) is 0 Å². The smallest absolute Gasteiger partial charge is 0.260 e. The molecule has 0 aliphatic carbocycles. The van der Waals surface area contributed by atoms with Crippen LogP contribution in [-0.4, -0.2) is 31.4 Å². The van der Waals surface area contributed by atoms with E-state index in [0.717, 1.165) is 0 Å². The summed E-state index contributed by atoms with van der Waals surface area (Å²) < 4.78 is 10.7. The van der Waals surface area contributed by atoms with E-state index in [0.29, 0.717) is 23.6 Å². The van der Waals surface area contributed by atoms with Crippen LogP contribution in [0.4, 0.5) is 0 Å². The highest BCUT2D eigenvalue weighted by molar-refractivity contribution is 5.94. The second-order valence-corrected chi connectivity index (χ2v) is 4.08. The molecule has 0 aliphatic heterocycles. The summed E-state index contributed by atoms with van der Waals surface area (Å²) in [7, 11) is 1.49. The molecule has 0 saturated heterocycles. The van der Waals surface area contributed by atoms with Crippen LogP contribution >= 0.6 is 0 Å². The lowest BCUT2D eigenvalue weighted by Gasteiger charge is -2.16. The zero-order valence-electron chi connectivity index (χ0n) is 11.6. The summed E-state index contributed by atoms with van der Waals surface area (Å²) in [6, 6.07) is 4.87. The van der Waals surface area contributed by atoms with E-state index >= 15 is 0 Å². The summed E-state index contributed by atoms with van der Waals surface area (Å²) in [4.78, 5) is 22.9. The molecular weight excluding hydrogens is 246 g/mol. The van der Waals surface area contributed by atoms with Crippen molar-refractivity contribution in [1.29, 1.82) is 0 Å². The first-order chi connectivity index (χ1) is 8.99. The monoisotopic (exact) mass is 265 g/mol. The molecule has 1 aromatic carbocycles. The molecular formula is C14H19NO4. The number of benzene rings is 1. The van der Waals surface area contributed by atoms with E-state index in [9.17, 15) is 9.59 Å². The van der Waals surface area contributed by atoms with Crippen molar-refractivity contribution in [1.82, 2.24) is 5.32 Å². The Labute approximate surface area is 112 Å². The number of carbonyl (C=O) groups excluding carboxylic acids is 2. The van der Waals surface area contributed by atoms with E-state index in [4.69, 9.17) is 9.47 Å². The minimum absolute atomic E-state index is 0.0541. The SMILES string of the molecule is CCNC(=O)[C@H](C)Oc1ccc(C(C)=O)cc1OC. The van der Waals surface area contributed by atoms with Crippen LogP contribution in [0.25, 0.3) is 0 Å². The third-order valence-corrected chi connectivity index (χ3v) is 2.59. The van der Waals surface area contributed by atoms with Gasteiger partial charge < -0.3 is 14.8 Å². The van der Waals surface area contributed by atoms with Gasteiger partial charge in [0.1, 0.15) is 0 Å². The van der Waals surface area contributed by atoms with Gasteiger partial charge in [0.25, 0.3) is 5.91 Å². The lowest BCUT2D eigenvalue weighted by Crippen LogP contribution is -2.36. The average molecular weight is 265 g/mol. The summed E-state index contributed by atoms with van der Waals surface area (Å²) >= 11 is 0. The van der Waals surface area contributed by atoms with Crippen LogP contribution in [0.5, 0.6) is 11.5 Å². The highest BCUT2D eigenvalue weighted by Crippen LogP contribution is 2.29. The molecule has 5 heteroatoms. The number of methoxy groups -OCH3 is 1. The molecule has 0 heterocycles. The van der Waals surface area contributed by atoms with Crippen molar-refractivity contribution in [3.05, 3.63) is 23.8 Å². The minimum atomic E-state index is -0.628. The molecule has 1 rings (SSSR count). The Morgan fingerprint density at radius 1 is 1.32 bits per heavy atom. The first kappa shape index (κ1) is 15.0. The normalized spacial score (nSPS) is 11.6. The Kier molecular flexibility index (Phi) is 5.36. The van der Waals surface area contributed by atoms with E-state index in [1.807, 2.05) is 6.92 Å². The zero-order valence-corrected chi connectivity index (χ0v) is 11.6. The molecule has 1 atom stereocenters. The van der Waals surface area contributed by atoms with Gasteiger partial charge in [-0.3, -0.25) is 9.59 Å². The van der Waals surface area contributed by atoms with Gasteiger partial charge in [0.2, 0.25) is 0 Å². The molecule has 5 nitrogen and oxygen atoms in total. The Morgan fingerprint density at radius 3 is 2.53 bits per heavy atom. The number of hydrogen-bond donors (Lipinski definition) is 1. The Balaban J connectivity index is 2.89. The number of hydrogen-bond acceptors (Lipinski definition) is 4. The number of carbonyl (C=O) groups is 2. The summed E-state index contributed by atoms with van der Waals surface area (Å²) in [5.74, 6) is 0.622. The fourth-order valence-electron chi connectivity index (χ4n) is 1.55. The number of nitrogens with one attached hydrogen (secondary N) is 1. The lowest BCUT2D eigenvalue weighted by molar-refractivity contribution is -0.127. The number of amides is 1. The van der Waals surface area contributed by atoms with Gasteiger partial charge in [-0.05, 0) is 39.0 Å². The van der Waals surface area contributed by atoms with Crippen LogP contribution < -0.4 is 14.8 Å². The van der Waals surface area contributed by atoms with Crippen LogP contribution in [0.3, 0.4) is 0 Å². The predicted molar refractivity (Wildman–Crippen MR) is 71.8 cm³/mol. The average Bonchev–Trinajstić information content (AvgIpc) is 2.39. The fourth-order valence-corrected chi connectivity index (χ4v) is 1.55. The standard InChI is InChI=1S/C14H19NO4/c1-5-15-14(17)10(3)19-12-7-6-11(9(2)16)8-13(12)18-4/h6-8,10H,5H2,1-4H3,(H,15,17)/t10-/m0/s1. The Bertz CT molecular complexity index is 471. The quantitative estimate of drug-likeness (QED) is 0.797. The van der Waals surface area contributed by atoms with Crippen molar-refractivity contribution in [3.63, 3.8) is 0 Å². The maximum atomic E-state index is 11.6. The van der Waals surface area contributed by atoms with Gasteiger partial charge in [0.05, 0.1) is 7.11 Å². The van der Waals surface area contributed by atoms with E-state index in [1.54, 1.807) is 25.1 Å². The molecule has 0 spiro atoms. The minimum Gasteiger partial charge on any atom is -0.493 e. The first-order valence-corrected chi connectivity index (χ1v) is 6.13. The Hall–Kier alpha value is -2.04. The number of likely N-dealkylation sites (N-methyl/N-ethyl adjacent to an activating group) is 1. The zero-order chi connectivity index (χ0) is 14.4. The van der Waals surface area contributed by atoms with E-state index in [-0.39, 0.29) is 11.7 Å². The van der Waals surface area contributed by atoms with Crippen molar-refractivity contribution < 1.29 is 19.1 Å². The van der Waals surface area contributed by atoms with Crippen LogP contribution in [0.2, 0.25) is 0 Å². The predicted octanol–water partition coefficient (Wildman–Crippen LogP) is 1.80. The molecule has 1 amide bonds. The fraction of sp³-hybridized carbons (Fsp3) is 0.429. The van der Waals surface area contributed by atoms with Gasteiger partial charge in [-0.2, -0.15) is 0 Å². The number of Topliss-reactive ketones (excluding diaryl/α,β-unsaturated/α-hetero) is 1. The van der Waals surface area contributed by atoms with E-state index < -0.39 is 6.10 Å². The van der Waals surface area contributed by atoms with Crippen LogP contribution in [0.15, 0.2) is 18.2 Å². The third kappa shape index (κ3) is 3.98. The third-order valence-electron chi connectivity index (χ3n) is 2.59. The summed E-state index contributed by atoms with van der Waals surface area (Å²) in [5, 5.41) is 2.67. The van der Waals surface area contributed by atoms with Crippen molar-refractivity contribution in [2.45, 2.75) is 26.9 Å². The lowest BCUT2D eigenvalue weighted by atomic mass is 10.1. The summed E-state index contributed by atoms with van der Waals surface area (Å²) in [6.07, 6.45) is -0.628. The van der Waals surface area contributed by atoms with E-state index in [2.05, 4.69) is 5.32 Å². The van der Waals surface area contributed by atoms with Crippen molar-refractivity contribution >= 4 is 11.7 Å². The maximum absolute atomic E-state index is 11.6. The van der Waals surface area contributed by atoms with Gasteiger partial charge in [-0.15, -0.1) is 0 Å². The van der Waals surface area contributed by atoms with Gasteiger partial charge in [-0.1, -0.05) is 0 Å². The highest BCUT2D eigenvalue weighted by atomic mass is 16.5. The molecule has 19 heavy (non-hydrogen) atoms. The largest absolute Gasteiger partial charge is 0.493 e. The number of ether oxygens (including phenoxy) is 2. The molecule has 0 aliphatic rings. The first-order valence-electron chi connectivity index (χ1n) is 6.13. The van der Waals surface area contributed by atoms with Crippen LogP contribution in [-0.2, 0) is 4.79 Å². The second kappa shape index (κ2) is 6.78. The van der Waals surface area contributed by atoms with E-state index in [1.165, 1.54) is 14.0 Å². The molecule has 0 unspecified atom stereocenters. The number of ketones is 1. The van der Waals surface area contributed by atoms with Crippen molar-refractivity contribution in [2.24, 2.45) is 0 Å². The molecule has 0 saturated carbocycles. The number of rotatable bonds is 6. The molecule has 0 radical (unpaired) electrons. The van der Waals surface area contributed by atoms with Crippen molar-refractivity contribution in [3.8, 4) is 11.5 Å². The molecule has 0 aromatic heterocycles. The Morgan fingerprint density at radius 2 is 2.00 bits per heavy atom. The summed E-state index contributed by atoms with van der Waals surface area (Å²) in [5.41, 5.74) is 0.537. The van der Waals surface area contributed by atoms with Gasteiger partial charge in [0, 0.05) is 12.1 Å². The molecule has 1 aromatic rings. The highest BCUT2D eigenvalue weighted by Gasteiger charge is 2.16. The van der Waals surface area contributed by atoms with Crippen molar-refractivity contribution in [2.75, 3.05) is 13.7 Å². The molecule has 0 fully saturated rings. The summed E-state index contributed by atoms with van der Waals surface area (Å²) in [6.45, 7) is 5.52. The van der Waals surface area contributed by atoms with Crippen LogP contribution in [0.1, 0.15) is 31.1 Å². The van der Waals surface area contributed by atoms with Gasteiger partial charge in [0.15, 0.2) is 23.4 Å². The van der Waals surface area contributed by atoms with Gasteiger partial charge >= 0.3 is 0 Å². The molecule has 1 N–H and O–H groups in total. The maximum Gasteiger partial charge on any atom is 0.260 e. The molecule has 104 valence electrons. The molecule has 0 bridgehead atoms.